The molecule has 32 heavy (non-hydrogen) atoms. The van der Waals surface area contributed by atoms with E-state index in [1.807, 2.05) is 20.8 Å². The van der Waals surface area contributed by atoms with Crippen LogP contribution >= 0.6 is 11.3 Å². The van der Waals surface area contributed by atoms with Gasteiger partial charge in [-0.25, -0.2) is 14.5 Å². The van der Waals surface area contributed by atoms with Gasteiger partial charge in [0.15, 0.2) is 6.61 Å². The molecule has 3 rings (SSSR count). The van der Waals surface area contributed by atoms with Crippen LogP contribution in [0.3, 0.4) is 0 Å². The van der Waals surface area contributed by atoms with Crippen LogP contribution in [0.1, 0.15) is 32.2 Å². The lowest BCUT2D eigenvalue weighted by Gasteiger charge is -2.10. The Morgan fingerprint density at radius 1 is 1.16 bits per heavy atom. The van der Waals surface area contributed by atoms with Crippen LogP contribution in [0.15, 0.2) is 23.0 Å². The highest BCUT2D eigenvalue weighted by Crippen LogP contribution is 2.30. The molecule has 0 saturated heterocycles. The number of aryl methyl sites for hydroxylation is 4. The van der Waals surface area contributed by atoms with Crippen molar-refractivity contribution in [3.8, 4) is 16.3 Å². The predicted octanol–water partition coefficient (Wildman–Crippen LogP) is 2.94. The van der Waals surface area contributed by atoms with Crippen molar-refractivity contribution >= 4 is 28.9 Å². The van der Waals surface area contributed by atoms with Crippen molar-refractivity contribution in [1.82, 2.24) is 14.8 Å². The van der Waals surface area contributed by atoms with Crippen LogP contribution in [-0.4, -0.2) is 40.4 Å². The monoisotopic (exact) mass is 456 g/mol. The molecule has 2 heterocycles. The SMILES string of the molecule is COC(=O)COc1ccc(NC(=O)c2sc(-c3c(C)c(C)nn(C)c3=O)nc2C)c(C)c1. The first kappa shape index (κ1) is 23.1. The Labute approximate surface area is 189 Å². The van der Waals surface area contributed by atoms with Gasteiger partial charge in [0.05, 0.1) is 24.1 Å². The minimum atomic E-state index is -0.481. The molecule has 9 nitrogen and oxygen atoms in total. The third kappa shape index (κ3) is 4.70. The maximum atomic E-state index is 12.9. The highest BCUT2D eigenvalue weighted by atomic mass is 32.1. The fourth-order valence-corrected chi connectivity index (χ4v) is 4.12. The van der Waals surface area contributed by atoms with E-state index in [9.17, 15) is 14.4 Å². The predicted molar refractivity (Wildman–Crippen MR) is 121 cm³/mol. The number of benzene rings is 1. The number of methoxy groups -OCH3 is 1. The van der Waals surface area contributed by atoms with Crippen molar-refractivity contribution in [2.45, 2.75) is 27.7 Å². The molecule has 1 aromatic carbocycles. The van der Waals surface area contributed by atoms with E-state index in [1.165, 1.54) is 23.1 Å². The van der Waals surface area contributed by atoms with E-state index in [-0.39, 0.29) is 18.1 Å². The van der Waals surface area contributed by atoms with Crippen LogP contribution in [0.4, 0.5) is 5.69 Å². The summed E-state index contributed by atoms with van der Waals surface area (Å²) in [7, 11) is 2.88. The average molecular weight is 457 g/mol. The number of carbonyl (C=O) groups excluding carboxylic acids is 2. The second-order valence-electron chi connectivity index (χ2n) is 7.24. The number of hydrogen-bond acceptors (Lipinski definition) is 8. The van der Waals surface area contributed by atoms with E-state index in [1.54, 1.807) is 32.2 Å². The molecule has 0 atom stereocenters. The minimum absolute atomic E-state index is 0.197. The molecule has 0 aliphatic carbocycles. The first-order valence-corrected chi connectivity index (χ1v) is 10.6. The van der Waals surface area contributed by atoms with Crippen molar-refractivity contribution in [3.63, 3.8) is 0 Å². The smallest absolute Gasteiger partial charge is 0.343 e. The maximum absolute atomic E-state index is 12.9. The Hall–Kier alpha value is -3.53. The van der Waals surface area contributed by atoms with E-state index in [4.69, 9.17) is 4.74 Å². The molecule has 0 bridgehead atoms. The number of nitrogens with one attached hydrogen (secondary N) is 1. The fourth-order valence-electron chi connectivity index (χ4n) is 3.06. The Bertz CT molecular complexity index is 1260. The number of rotatable bonds is 6. The zero-order valence-electron chi connectivity index (χ0n) is 18.7. The van der Waals surface area contributed by atoms with E-state index < -0.39 is 5.97 Å². The van der Waals surface area contributed by atoms with E-state index in [0.717, 1.165) is 16.8 Å². The molecule has 1 N–H and O–H groups in total. The molecule has 0 aliphatic rings. The summed E-state index contributed by atoms with van der Waals surface area (Å²) in [5.74, 6) is -0.315. The highest BCUT2D eigenvalue weighted by Gasteiger charge is 2.21. The van der Waals surface area contributed by atoms with Gasteiger partial charge in [0, 0.05) is 12.7 Å². The number of amides is 1. The largest absolute Gasteiger partial charge is 0.482 e. The summed E-state index contributed by atoms with van der Waals surface area (Å²) in [4.78, 5) is 41.7. The van der Waals surface area contributed by atoms with Crippen LogP contribution in [0.25, 0.3) is 10.6 Å². The van der Waals surface area contributed by atoms with Crippen molar-refractivity contribution in [1.29, 1.82) is 0 Å². The molecule has 0 saturated carbocycles. The molecule has 0 spiro atoms. The number of carbonyl (C=O) groups is 2. The maximum Gasteiger partial charge on any atom is 0.343 e. The summed E-state index contributed by atoms with van der Waals surface area (Å²) < 4.78 is 11.2. The topological polar surface area (TPSA) is 112 Å². The summed E-state index contributed by atoms with van der Waals surface area (Å²) >= 11 is 1.17. The normalized spacial score (nSPS) is 10.7. The third-order valence-corrected chi connectivity index (χ3v) is 6.15. The number of ether oxygens (including phenoxy) is 2. The number of hydrogen-bond donors (Lipinski definition) is 1. The van der Waals surface area contributed by atoms with Gasteiger partial charge in [-0.15, -0.1) is 11.3 Å². The van der Waals surface area contributed by atoms with Crippen LogP contribution < -0.4 is 15.6 Å². The molecule has 3 aromatic rings. The van der Waals surface area contributed by atoms with Gasteiger partial charge in [-0.1, -0.05) is 0 Å². The lowest BCUT2D eigenvalue weighted by Crippen LogP contribution is -2.23. The Morgan fingerprint density at radius 2 is 1.88 bits per heavy atom. The molecule has 0 aliphatic heterocycles. The Kier molecular flexibility index (Phi) is 6.73. The molecule has 168 valence electrons. The quantitative estimate of drug-likeness (QED) is 0.568. The van der Waals surface area contributed by atoms with Crippen LogP contribution in [0, 0.1) is 27.7 Å². The molecule has 0 radical (unpaired) electrons. The van der Waals surface area contributed by atoms with Crippen molar-refractivity contribution in [2.75, 3.05) is 19.0 Å². The molecule has 0 unspecified atom stereocenters. The lowest BCUT2D eigenvalue weighted by atomic mass is 10.1. The summed E-state index contributed by atoms with van der Waals surface area (Å²) in [5.41, 5.74) is 3.56. The zero-order valence-corrected chi connectivity index (χ0v) is 19.5. The highest BCUT2D eigenvalue weighted by molar-refractivity contribution is 7.17. The lowest BCUT2D eigenvalue weighted by molar-refractivity contribution is -0.142. The van der Waals surface area contributed by atoms with Crippen LogP contribution in [0.2, 0.25) is 0 Å². The van der Waals surface area contributed by atoms with Crippen molar-refractivity contribution < 1.29 is 19.1 Å². The Morgan fingerprint density at radius 3 is 2.53 bits per heavy atom. The van der Waals surface area contributed by atoms with Gasteiger partial charge in [-0.2, -0.15) is 5.10 Å². The second-order valence-corrected chi connectivity index (χ2v) is 8.24. The molecule has 10 heteroatoms. The average Bonchev–Trinajstić information content (AvgIpc) is 3.13. The summed E-state index contributed by atoms with van der Waals surface area (Å²) in [6.45, 7) is 7.01. The number of esters is 1. The summed E-state index contributed by atoms with van der Waals surface area (Å²) in [6.07, 6.45) is 0. The van der Waals surface area contributed by atoms with Gasteiger partial charge in [0.25, 0.3) is 11.5 Å². The second kappa shape index (κ2) is 9.31. The van der Waals surface area contributed by atoms with E-state index >= 15 is 0 Å². The number of aromatic nitrogens is 3. The van der Waals surface area contributed by atoms with E-state index in [2.05, 4.69) is 20.1 Å². The third-order valence-electron chi connectivity index (χ3n) is 4.97. The zero-order chi connectivity index (χ0) is 23.6. The van der Waals surface area contributed by atoms with Crippen molar-refractivity contribution in [2.24, 2.45) is 7.05 Å². The number of anilines is 1. The van der Waals surface area contributed by atoms with Crippen LogP contribution in [-0.2, 0) is 16.6 Å². The van der Waals surface area contributed by atoms with Gasteiger partial charge in [-0.3, -0.25) is 9.59 Å². The van der Waals surface area contributed by atoms with Gasteiger partial charge >= 0.3 is 5.97 Å². The fraction of sp³-hybridized carbons (Fsp3) is 0.318. The molecule has 1 amide bonds. The molecular weight excluding hydrogens is 432 g/mol. The summed E-state index contributed by atoms with van der Waals surface area (Å²) in [6, 6.07) is 5.07. The standard InChI is InChI=1S/C22H24N4O5S/c1-11-9-15(31-10-17(27)30-6)7-8-16(11)24-20(28)19-14(4)23-21(32-19)18-12(2)13(3)25-26(5)22(18)29/h7-9H,10H2,1-6H3,(H,24,28). The molecule has 0 fully saturated rings. The summed E-state index contributed by atoms with van der Waals surface area (Å²) in [5, 5.41) is 7.55. The number of thiazole rings is 1. The van der Waals surface area contributed by atoms with Crippen molar-refractivity contribution in [3.05, 3.63) is 55.9 Å². The van der Waals surface area contributed by atoms with Gasteiger partial charge in [0.1, 0.15) is 15.6 Å². The number of nitrogens with zero attached hydrogens (tertiary/aromatic N) is 3. The first-order chi connectivity index (χ1) is 15.1. The van der Waals surface area contributed by atoms with E-state index in [0.29, 0.717) is 32.6 Å². The Balaban J connectivity index is 1.84. The molecule has 2 aromatic heterocycles. The first-order valence-electron chi connectivity index (χ1n) is 9.76. The van der Waals surface area contributed by atoms with Crippen LogP contribution in [0.5, 0.6) is 5.75 Å². The van der Waals surface area contributed by atoms with Gasteiger partial charge in [0.2, 0.25) is 0 Å². The van der Waals surface area contributed by atoms with Gasteiger partial charge in [-0.05, 0) is 57.0 Å². The van der Waals surface area contributed by atoms with Gasteiger partial charge < -0.3 is 14.8 Å². The molecular formula is C22H24N4O5S. The minimum Gasteiger partial charge on any atom is -0.482 e.